The summed E-state index contributed by atoms with van der Waals surface area (Å²) in [4.78, 5) is 70.0. The lowest BCUT2D eigenvalue weighted by molar-refractivity contribution is -0.175. The van der Waals surface area contributed by atoms with Crippen molar-refractivity contribution in [1.29, 1.82) is 0 Å². The molecular formula is C42H61FN2O9. The Morgan fingerprint density at radius 2 is 1.26 bits per heavy atom. The second-order valence-corrected chi connectivity index (χ2v) is 16.9. The number of nitrogens with zero attached hydrogens (tertiary/aromatic N) is 2. The zero-order valence-electron chi connectivity index (χ0n) is 34.4. The highest BCUT2D eigenvalue weighted by Gasteiger charge is 2.41. The molecule has 0 unspecified atom stereocenters. The van der Waals surface area contributed by atoms with Gasteiger partial charge in [-0.05, 0) is 76.0 Å². The number of ether oxygens (including phenoxy) is 4. The van der Waals surface area contributed by atoms with Crippen molar-refractivity contribution in [1.82, 2.24) is 9.80 Å². The first-order valence-corrected chi connectivity index (χ1v) is 18.4. The molecule has 54 heavy (non-hydrogen) atoms. The molecular weight excluding hydrogens is 695 g/mol. The number of amides is 2. The summed E-state index contributed by atoms with van der Waals surface area (Å²) in [7, 11) is 2.72. The van der Waals surface area contributed by atoms with Crippen molar-refractivity contribution < 1.29 is 47.3 Å². The Bertz CT molecular complexity index is 1560. The second-order valence-electron chi connectivity index (χ2n) is 16.9. The molecule has 0 radical (unpaired) electrons. The number of esters is 3. The van der Waals surface area contributed by atoms with Crippen LogP contribution in [0.25, 0.3) is 0 Å². The molecule has 0 spiro atoms. The highest BCUT2D eigenvalue weighted by atomic mass is 19.1. The van der Waals surface area contributed by atoms with E-state index < -0.39 is 71.9 Å². The minimum atomic E-state index is -1.96. The van der Waals surface area contributed by atoms with Gasteiger partial charge in [-0.15, -0.1) is 0 Å². The first-order valence-electron chi connectivity index (χ1n) is 18.4. The molecule has 0 aliphatic rings. The van der Waals surface area contributed by atoms with E-state index in [1.807, 2.05) is 44.2 Å². The fourth-order valence-electron chi connectivity index (χ4n) is 5.44. The summed E-state index contributed by atoms with van der Waals surface area (Å²) in [5.41, 5.74) is -0.501. The molecule has 0 aromatic heterocycles. The van der Waals surface area contributed by atoms with Gasteiger partial charge in [0.2, 0.25) is 0 Å². The molecule has 0 heterocycles. The van der Waals surface area contributed by atoms with Gasteiger partial charge in [0.1, 0.15) is 30.0 Å². The van der Waals surface area contributed by atoms with Crippen molar-refractivity contribution in [3.63, 3.8) is 0 Å². The van der Waals surface area contributed by atoms with Crippen molar-refractivity contribution in [3.05, 3.63) is 71.3 Å². The lowest BCUT2D eigenvalue weighted by Gasteiger charge is -2.34. The molecule has 11 nitrogen and oxygen atoms in total. The summed E-state index contributed by atoms with van der Waals surface area (Å²) in [6.07, 6.45) is -3.98. The highest BCUT2D eigenvalue weighted by molar-refractivity contribution is 5.90. The summed E-state index contributed by atoms with van der Waals surface area (Å²) in [6.45, 7) is 18.9. The van der Waals surface area contributed by atoms with Crippen LogP contribution >= 0.6 is 0 Å². The van der Waals surface area contributed by atoms with E-state index in [1.165, 1.54) is 34.9 Å². The normalized spacial score (nSPS) is 14.3. The molecule has 4 atom stereocenters. The van der Waals surface area contributed by atoms with E-state index in [0.717, 1.165) is 20.9 Å². The molecule has 0 bridgehead atoms. The Morgan fingerprint density at radius 1 is 0.704 bits per heavy atom. The largest absolute Gasteiger partial charge is 0.458 e. The predicted molar refractivity (Wildman–Crippen MR) is 204 cm³/mol. The van der Waals surface area contributed by atoms with Gasteiger partial charge >= 0.3 is 24.0 Å². The zero-order chi connectivity index (χ0) is 41.2. The molecule has 0 saturated heterocycles. The molecule has 2 amide bonds. The van der Waals surface area contributed by atoms with Crippen LogP contribution in [0.5, 0.6) is 0 Å². The highest BCUT2D eigenvalue weighted by Crippen LogP contribution is 2.26. The van der Waals surface area contributed by atoms with Crippen LogP contribution in [-0.2, 0) is 56.6 Å². The quantitative estimate of drug-likeness (QED) is 0.128. The first-order chi connectivity index (χ1) is 24.8. The number of halogens is 1. The topological polar surface area (TPSA) is 129 Å². The minimum Gasteiger partial charge on any atom is -0.458 e. The summed E-state index contributed by atoms with van der Waals surface area (Å²) < 4.78 is 37.5. The van der Waals surface area contributed by atoms with Crippen LogP contribution in [0, 0.1) is 5.92 Å². The van der Waals surface area contributed by atoms with Crippen molar-refractivity contribution in [2.75, 3.05) is 14.1 Å². The van der Waals surface area contributed by atoms with E-state index in [2.05, 4.69) is 20.8 Å². The number of carbonyl (C=O) groups is 5. The monoisotopic (exact) mass is 756 g/mol. The van der Waals surface area contributed by atoms with Crippen molar-refractivity contribution in [3.8, 4) is 0 Å². The summed E-state index contributed by atoms with van der Waals surface area (Å²) >= 11 is 0. The molecule has 0 aliphatic heterocycles. The van der Waals surface area contributed by atoms with E-state index in [-0.39, 0.29) is 30.8 Å². The Balaban J connectivity index is 2.46. The van der Waals surface area contributed by atoms with Gasteiger partial charge in [0, 0.05) is 26.9 Å². The van der Waals surface area contributed by atoms with Gasteiger partial charge in [-0.25, -0.2) is 23.6 Å². The Hall–Kier alpha value is -4.48. The second kappa shape index (κ2) is 19.2. The van der Waals surface area contributed by atoms with Gasteiger partial charge in [0.05, 0.1) is 0 Å². The Morgan fingerprint density at radius 3 is 1.76 bits per heavy atom. The fourth-order valence-corrected chi connectivity index (χ4v) is 5.44. The number of alkyl halides is 1. The van der Waals surface area contributed by atoms with Gasteiger partial charge < -0.3 is 23.8 Å². The van der Waals surface area contributed by atoms with Crippen LogP contribution in [-0.4, -0.2) is 89.4 Å². The van der Waals surface area contributed by atoms with Crippen molar-refractivity contribution in [2.45, 2.75) is 143 Å². The number of benzene rings is 2. The van der Waals surface area contributed by atoms with Gasteiger partial charge in [0.25, 0.3) is 5.91 Å². The minimum absolute atomic E-state index is 0.0500. The van der Waals surface area contributed by atoms with Crippen LogP contribution < -0.4 is 0 Å². The molecule has 0 saturated carbocycles. The summed E-state index contributed by atoms with van der Waals surface area (Å²) in [5, 5.41) is 0. The number of hydrogen-bond donors (Lipinski definition) is 0. The van der Waals surface area contributed by atoms with Crippen molar-refractivity contribution >= 4 is 29.9 Å². The van der Waals surface area contributed by atoms with Crippen LogP contribution in [0.15, 0.2) is 54.6 Å². The molecule has 0 aliphatic carbocycles. The van der Waals surface area contributed by atoms with Crippen LogP contribution in [0.4, 0.5) is 9.18 Å². The standard InChI is InChI=1S/C42H61FN2O9/c1-27(2)23-32(45(13)39(50)54-41(7,8)9)37(48)53-34(24-29-19-21-31(22-20-29)40(4,5)6)35(46)44(12)33(25-42(10,11)43)38(49)52-28(3)36(47)51-26-30-17-15-14-16-18-30/h14-22,27-28,32-34H,23-26H2,1-13H3/t28-,32+,33+,34-/m1/s1. The number of carbonyl (C=O) groups excluding carboxylic acids is 5. The first kappa shape index (κ1) is 45.7. The number of likely N-dealkylation sites (N-methyl/N-ethyl adjacent to an activating group) is 2. The third-order valence-electron chi connectivity index (χ3n) is 8.51. The van der Waals surface area contributed by atoms with Gasteiger partial charge in [-0.2, -0.15) is 0 Å². The third-order valence-corrected chi connectivity index (χ3v) is 8.51. The molecule has 2 aromatic rings. The average Bonchev–Trinajstić information content (AvgIpc) is 3.06. The van der Waals surface area contributed by atoms with E-state index in [1.54, 1.807) is 45.0 Å². The van der Waals surface area contributed by atoms with Crippen molar-refractivity contribution in [2.24, 2.45) is 5.92 Å². The molecule has 300 valence electrons. The number of rotatable bonds is 16. The van der Waals surface area contributed by atoms with Gasteiger partial charge in [-0.3, -0.25) is 9.69 Å². The number of hydrogen-bond acceptors (Lipinski definition) is 9. The maximum atomic E-state index is 15.3. The molecule has 2 rings (SSSR count). The smallest absolute Gasteiger partial charge is 0.410 e. The molecule has 0 N–H and O–H groups in total. The Kier molecular flexibility index (Phi) is 16.2. The van der Waals surface area contributed by atoms with E-state index in [4.69, 9.17) is 18.9 Å². The van der Waals surface area contributed by atoms with E-state index >= 15 is 4.39 Å². The van der Waals surface area contributed by atoms with E-state index in [9.17, 15) is 24.0 Å². The average molecular weight is 757 g/mol. The SMILES string of the molecule is CC(C)C[C@@H](C(=O)O[C@H](Cc1ccc(C(C)(C)C)cc1)C(=O)N(C)[C@@H](CC(C)(C)F)C(=O)O[C@H](C)C(=O)OCc1ccccc1)N(C)C(=O)OC(C)(C)C. The summed E-state index contributed by atoms with van der Waals surface area (Å²) in [6, 6.07) is 13.8. The summed E-state index contributed by atoms with van der Waals surface area (Å²) in [5.74, 6) is -3.58. The molecule has 12 heteroatoms. The zero-order valence-corrected chi connectivity index (χ0v) is 34.4. The Labute approximate surface area is 320 Å². The predicted octanol–water partition coefficient (Wildman–Crippen LogP) is 7.36. The van der Waals surface area contributed by atoms with Crippen LogP contribution in [0.2, 0.25) is 0 Å². The van der Waals surface area contributed by atoms with Crippen LogP contribution in [0.1, 0.15) is 106 Å². The van der Waals surface area contributed by atoms with Gasteiger partial charge in [-0.1, -0.05) is 89.2 Å². The lowest BCUT2D eigenvalue weighted by Crippen LogP contribution is -2.53. The molecule has 2 aromatic carbocycles. The van der Waals surface area contributed by atoms with Crippen LogP contribution in [0.3, 0.4) is 0 Å². The van der Waals surface area contributed by atoms with E-state index in [0.29, 0.717) is 5.56 Å². The lowest BCUT2D eigenvalue weighted by atomic mass is 9.86. The van der Waals surface area contributed by atoms with Gasteiger partial charge in [0.15, 0.2) is 12.2 Å². The maximum absolute atomic E-state index is 15.3. The maximum Gasteiger partial charge on any atom is 0.410 e. The third kappa shape index (κ3) is 15.1. The fraction of sp³-hybridized carbons (Fsp3) is 0.595. The molecule has 0 fully saturated rings.